The number of carbonyl (C=O) groups is 1. The minimum absolute atomic E-state index is 0.0532. The van der Waals surface area contributed by atoms with Gasteiger partial charge in [0.2, 0.25) is 0 Å². The molecule has 1 atom stereocenters. The molecule has 1 aromatic carbocycles. The van der Waals surface area contributed by atoms with Gasteiger partial charge < -0.3 is 5.32 Å². The van der Waals surface area contributed by atoms with Crippen molar-refractivity contribution < 1.29 is 4.79 Å². The highest BCUT2D eigenvalue weighted by molar-refractivity contribution is 5.94. The maximum absolute atomic E-state index is 12.2. The summed E-state index contributed by atoms with van der Waals surface area (Å²) < 4.78 is 0. The van der Waals surface area contributed by atoms with E-state index in [-0.39, 0.29) is 5.91 Å². The Labute approximate surface area is 116 Å². The summed E-state index contributed by atoms with van der Waals surface area (Å²) >= 11 is 0. The quantitative estimate of drug-likeness (QED) is 0.870. The largest absolute Gasteiger partial charge is 0.349 e. The Hall–Kier alpha value is -1.31. The van der Waals surface area contributed by atoms with Gasteiger partial charge in [-0.15, -0.1) is 0 Å². The van der Waals surface area contributed by atoms with Crippen molar-refractivity contribution in [2.75, 3.05) is 0 Å². The van der Waals surface area contributed by atoms with Gasteiger partial charge in [0.15, 0.2) is 0 Å². The highest BCUT2D eigenvalue weighted by Crippen LogP contribution is 2.27. The average Bonchev–Trinajstić information content (AvgIpc) is 2.46. The third-order valence-corrected chi connectivity index (χ3v) is 4.19. The number of amides is 1. The molecule has 2 nitrogen and oxygen atoms in total. The fraction of sp³-hybridized carbons (Fsp3) is 0.529. The highest BCUT2D eigenvalue weighted by Gasteiger charge is 2.23. The molecule has 1 aliphatic carbocycles. The van der Waals surface area contributed by atoms with Crippen molar-refractivity contribution in [2.45, 2.75) is 51.5 Å². The van der Waals surface area contributed by atoms with Crippen molar-refractivity contribution in [1.82, 2.24) is 5.32 Å². The molecule has 0 saturated heterocycles. The Morgan fingerprint density at radius 3 is 2.47 bits per heavy atom. The predicted molar refractivity (Wildman–Crippen MR) is 79.0 cm³/mol. The smallest absolute Gasteiger partial charge is 0.251 e. The lowest BCUT2D eigenvalue weighted by molar-refractivity contribution is 0.0911. The van der Waals surface area contributed by atoms with Gasteiger partial charge in [-0.25, -0.2) is 0 Å². The van der Waals surface area contributed by atoms with Crippen molar-refractivity contribution in [2.24, 2.45) is 5.92 Å². The number of hydrogen-bond donors (Lipinski definition) is 1. The molecule has 1 aromatic rings. The summed E-state index contributed by atoms with van der Waals surface area (Å²) in [6.45, 7) is 6.01. The predicted octanol–water partition coefficient (Wildman–Crippen LogP) is 3.96. The van der Waals surface area contributed by atoms with Crippen LogP contribution >= 0.6 is 0 Å². The van der Waals surface area contributed by atoms with E-state index >= 15 is 0 Å². The second kappa shape index (κ2) is 6.74. The maximum Gasteiger partial charge on any atom is 0.251 e. The van der Waals surface area contributed by atoms with Gasteiger partial charge in [0.25, 0.3) is 5.91 Å². The first kappa shape index (κ1) is 14.1. The first-order valence-corrected chi connectivity index (χ1v) is 7.43. The van der Waals surface area contributed by atoms with Crippen molar-refractivity contribution >= 4 is 5.91 Å². The van der Waals surface area contributed by atoms with Crippen molar-refractivity contribution in [1.29, 1.82) is 0 Å². The molecule has 2 rings (SSSR count). The zero-order chi connectivity index (χ0) is 13.7. The maximum atomic E-state index is 12.2. The Kier molecular flexibility index (Phi) is 5.00. The van der Waals surface area contributed by atoms with E-state index < -0.39 is 0 Å². The van der Waals surface area contributed by atoms with Gasteiger partial charge in [0.1, 0.15) is 0 Å². The fourth-order valence-corrected chi connectivity index (χ4v) is 3.00. The van der Waals surface area contributed by atoms with Gasteiger partial charge in [0.05, 0.1) is 0 Å². The number of carbonyl (C=O) groups excluding carboxylic acids is 1. The molecule has 1 aliphatic rings. The second-order valence-corrected chi connectivity index (χ2v) is 5.58. The minimum atomic E-state index is 0.0532. The van der Waals surface area contributed by atoms with Crippen LogP contribution in [0.2, 0.25) is 0 Å². The fourth-order valence-electron chi connectivity index (χ4n) is 3.00. The van der Waals surface area contributed by atoms with Crippen LogP contribution in [0.15, 0.2) is 24.3 Å². The van der Waals surface area contributed by atoms with Gasteiger partial charge in [-0.05, 0) is 49.8 Å². The Bertz CT molecular complexity index is 404. The first-order chi connectivity index (χ1) is 9.20. The van der Waals surface area contributed by atoms with E-state index in [1.54, 1.807) is 0 Å². The highest BCUT2D eigenvalue weighted by atomic mass is 16.1. The zero-order valence-corrected chi connectivity index (χ0v) is 11.8. The molecule has 0 heterocycles. The van der Waals surface area contributed by atoms with Crippen LogP contribution in [0.3, 0.4) is 0 Å². The minimum Gasteiger partial charge on any atom is -0.349 e. The van der Waals surface area contributed by atoms with Gasteiger partial charge in [-0.3, -0.25) is 4.79 Å². The molecule has 1 N–H and O–H groups in total. The third-order valence-electron chi connectivity index (χ3n) is 4.19. The second-order valence-electron chi connectivity index (χ2n) is 5.58. The summed E-state index contributed by atoms with van der Waals surface area (Å²) in [7, 11) is 0. The van der Waals surface area contributed by atoms with Crippen LogP contribution in [0.25, 0.3) is 0 Å². The van der Waals surface area contributed by atoms with Crippen LogP contribution in [0.4, 0.5) is 0 Å². The van der Waals surface area contributed by atoms with Crippen molar-refractivity contribution in [3.63, 3.8) is 0 Å². The molecule has 1 unspecified atom stereocenters. The number of benzene rings is 1. The molecular formula is C17H24NO. The molecule has 0 aromatic heterocycles. The van der Waals surface area contributed by atoms with E-state index in [9.17, 15) is 4.79 Å². The van der Waals surface area contributed by atoms with Crippen LogP contribution in [0, 0.1) is 12.8 Å². The normalized spacial score (nSPS) is 18.0. The Morgan fingerprint density at radius 1 is 1.26 bits per heavy atom. The number of nitrogens with one attached hydrogen (secondary N) is 1. The SMILES string of the molecule is [CH2]c1ccc(C(=O)NC(CC)C2CCCCC2)cc1. The molecule has 2 heteroatoms. The number of hydrogen-bond acceptors (Lipinski definition) is 1. The summed E-state index contributed by atoms with van der Waals surface area (Å²) in [5, 5.41) is 3.21. The molecule has 103 valence electrons. The van der Waals surface area contributed by atoms with Crippen LogP contribution in [-0.2, 0) is 0 Å². The molecule has 19 heavy (non-hydrogen) atoms. The number of rotatable bonds is 4. The zero-order valence-electron chi connectivity index (χ0n) is 11.8. The van der Waals surface area contributed by atoms with Gasteiger partial charge >= 0.3 is 0 Å². The summed E-state index contributed by atoms with van der Waals surface area (Å²) in [6.07, 6.45) is 7.52. The summed E-state index contributed by atoms with van der Waals surface area (Å²) in [4.78, 5) is 12.2. The van der Waals surface area contributed by atoms with Crippen LogP contribution in [0.1, 0.15) is 61.4 Å². The summed E-state index contributed by atoms with van der Waals surface area (Å²) in [5.41, 5.74) is 1.68. The molecule has 0 aliphatic heterocycles. The lowest BCUT2D eigenvalue weighted by atomic mass is 9.83. The summed E-state index contributed by atoms with van der Waals surface area (Å²) in [6, 6.07) is 7.80. The standard InChI is InChI=1S/C17H24NO/c1-3-16(14-7-5-4-6-8-14)18-17(19)15-11-9-13(2)10-12-15/h9-12,14,16H,2-8H2,1H3,(H,18,19). The first-order valence-electron chi connectivity index (χ1n) is 7.43. The van der Waals surface area contributed by atoms with Crippen LogP contribution in [0.5, 0.6) is 0 Å². The Morgan fingerprint density at radius 2 is 1.89 bits per heavy atom. The molecule has 1 radical (unpaired) electrons. The van der Waals surface area contributed by atoms with E-state index in [1.165, 1.54) is 32.1 Å². The van der Waals surface area contributed by atoms with Crippen molar-refractivity contribution in [3.8, 4) is 0 Å². The van der Waals surface area contributed by atoms with Crippen LogP contribution in [-0.4, -0.2) is 11.9 Å². The molecular weight excluding hydrogens is 234 g/mol. The molecule has 0 spiro atoms. The monoisotopic (exact) mass is 258 g/mol. The van der Waals surface area contributed by atoms with Gasteiger partial charge in [-0.2, -0.15) is 0 Å². The van der Waals surface area contributed by atoms with E-state index in [4.69, 9.17) is 0 Å². The van der Waals surface area contributed by atoms with E-state index in [0.717, 1.165) is 17.5 Å². The van der Waals surface area contributed by atoms with Crippen molar-refractivity contribution in [3.05, 3.63) is 42.3 Å². The van der Waals surface area contributed by atoms with E-state index in [0.29, 0.717) is 12.0 Å². The molecule has 1 fully saturated rings. The third kappa shape index (κ3) is 3.82. The average molecular weight is 258 g/mol. The van der Waals surface area contributed by atoms with Crippen LogP contribution < -0.4 is 5.32 Å². The van der Waals surface area contributed by atoms with Gasteiger partial charge in [0, 0.05) is 11.6 Å². The van der Waals surface area contributed by atoms with E-state index in [1.807, 2.05) is 24.3 Å². The molecule has 1 saturated carbocycles. The molecule has 0 bridgehead atoms. The van der Waals surface area contributed by atoms with E-state index in [2.05, 4.69) is 19.2 Å². The molecule has 1 amide bonds. The van der Waals surface area contributed by atoms with Gasteiger partial charge in [-0.1, -0.05) is 38.3 Å². The topological polar surface area (TPSA) is 29.1 Å². The lowest BCUT2D eigenvalue weighted by Gasteiger charge is -2.30. The Balaban J connectivity index is 1.97. The summed E-state index contributed by atoms with van der Waals surface area (Å²) in [5.74, 6) is 0.715. The lowest BCUT2D eigenvalue weighted by Crippen LogP contribution is -2.40.